The summed E-state index contributed by atoms with van der Waals surface area (Å²) < 4.78 is 10.8. The molecular weight excluding hydrogens is 298 g/mol. The van der Waals surface area contributed by atoms with Crippen LogP contribution in [0, 0.1) is 17.6 Å². The predicted molar refractivity (Wildman–Crippen MR) is 85.5 cm³/mol. The second kappa shape index (κ2) is 8.11. The van der Waals surface area contributed by atoms with Gasteiger partial charge in [-0.2, -0.15) is 5.26 Å². The molecular formula is C17H15NO3S. The summed E-state index contributed by atoms with van der Waals surface area (Å²) in [7, 11) is 0. The van der Waals surface area contributed by atoms with E-state index in [9.17, 15) is 4.79 Å². The first kappa shape index (κ1) is 15.9. The molecule has 1 unspecified atom stereocenters. The van der Waals surface area contributed by atoms with Crippen molar-refractivity contribution >= 4 is 17.7 Å². The minimum atomic E-state index is -0.681. The molecule has 5 heteroatoms. The average Bonchev–Trinajstić information content (AvgIpc) is 2.54. The summed E-state index contributed by atoms with van der Waals surface area (Å²) in [5.74, 6) is 0.196. The zero-order chi connectivity index (χ0) is 15.8. The Balaban J connectivity index is 1.95. The van der Waals surface area contributed by atoms with Crippen molar-refractivity contribution < 1.29 is 14.3 Å². The molecule has 0 heterocycles. The van der Waals surface area contributed by atoms with Crippen molar-refractivity contribution in [2.45, 2.75) is 12.4 Å². The second-order valence-corrected chi connectivity index (χ2v) is 5.48. The van der Waals surface area contributed by atoms with Crippen LogP contribution in [-0.2, 0) is 4.74 Å². The highest BCUT2D eigenvalue weighted by Crippen LogP contribution is 2.17. The highest BCUT2D eigenvalue weighted by atomic mass is 32.2. The number of carbonyl (C=O) groups excluding carboxylic acids is 1. The van der Waals surface area contributed by atoms with Crippen molar-refractivity contribution in [1.29, 1.82) is 5.26 Å². The molecule has 0 aliphatic heterocycles. The van der Waals surface area contributed by atoms with E-state index < -0.39 is 11.4 Å². The van der Waals surface area contributed by atoms with E-state index >= 15 is 0 Å². The molecule has 0 N–H and O–H groups in total. The molecule has 2 aromatic carbocycles. The molecule has 0 amide bonds. The van der Waals surface area contributed by atoms with Gasteiger partial charge in [-0.15, -0.1) is 0 Å². The lowest BCUT2D eigenvalue weighted by molar-refractivity contribution is 0.0386. The van der Waals surface area contributed by atoms with Crippen molar-refractivity contribution in [3.05, 3.63) is 65.7 Å². The Bertz CT molecular complexity index is 650. The summed E-state index contributed by atoms with van der Waals surface area (Å²) in [6, 6.07) is 16.2. The van der Waals surface area contributed by atoms with Gasteiger partial charge in [0.1, 0.15) is 17.8 Å². The highest BCUT2D eigenvalue weighted by Gasteiger charge is 2.17. The summed E-state index contributed by atoms with van der Waals surface area (Å²) in [6.07, 6.45) is 0. The van der Waals surface area contributed by atoms with E-state index in [0.29, 0.717) is 11.3 Å². The number of carbonyl (C=O) groups is 1. The number of rotatable bonds is 6. The van der Waals surface area contributed by atoms with Crippen molar-refractivity contribution in [3.8, 4) is 11.2 Å². The number of hydrogen-bond donors (Lipinski definition) is 0. The predicted octanol–water partition coefficient (Wildman–Crippen LogP) is 3.77. The first-order valence-corrected chi connectivity index (χ1v) is 7.57. The van der Waals surface area contributed by atoms with Gasteiger partial charge >= 0.3 is 5.97 Å². The van der Waals surface area contributed by atoms with Crippen molar-refractivity contribution in [2.75, 3.05) is 6.61 Å². The maximum Gasteiger partial charge on any atom is 0.339 e. The molecule has 2 rings (SSSR count). The molecule has 0 aliphatic rings. The third kappa shape index (κ3) is 4.83. The van der Waals surface area contributed by atoms with Gasteiger partial charge in [-0.25, -0.2) is 4.79 Å². The standard InChI is InChI=1S/C17H15NO3S/c1-13-7-9-14(10-8-13)17(19)21-16(22-12-18)11-20-15-5-3-2-4-6-15/h2-10,16H,11H2,1H3. The Morgan fingerprint density at radius 3 is 2.50 bits per heavy atom. The Morgan fingerprint density at radius 2 is 1.86 bits per heavy atom. The van der Waals surface area contributed by atoms with Gasteiger partial charge in [-0.3, -0.25) is 0 Å². The molecule has 1 atom stereocenters. The largest absolute Gasteiger partial charge is 0.489 e. The van der Waals surface area contributed by atoms with Crippen LogP contribution in [0.25, 0.3) is 0 Å². The molecule has 0 aromatic heterocycles. The number of para-hydroxylation sites is 1. The zero-order valence-electron chi connectivity index (χ0n) is 12.1. The van der Waals surface area contributed by atoms with E-state index in [0.717, 1.165) is 17.3 Å². The Labute approximate surface area is 133 Å². The summed E-state index contributed by atoms with van der Waals surface area (Å²) in [5.41, 5.74) is 0.833. The zero-order valence-corrected chi connectivity index (χ0v) is 12.9. The van der Waals surface area contributed by atoms with Gasteiger partial charge in [0.05, 0.1) is 5.56 Å². The molecule has 0 spiro atoms. The van der Waals surface area contributed by atoms with Crippen molar-refractivity contribution in [3.63, 3.8) is 0 Å². The number of esters is 1. The van der Waals surface area contributed by atoms with Crippen LogP contribution in [0.15, 0.2) is 54.6 Å². The number of hydrogen-bond acceptors (Lipinski definition) is 5. The molecule has 0 fully saturated rings. The molecule has 0 radical (unpaired) electrons. The van der Waals surface area contributed by atoms with E-state index in [1.54, 1.807) is 24.3 Å². The number of nitrogens with zero attached hydrogens (tertiary/aromatic N) is 1. The highest BCUT2D eigenvalue weighted by molar-refractivity contribution is 8.04. The van der Waals surface area contributed by atoms with Crippen LogP contribution in [0.5, 0.6) is 5.75 Å². The minimum Gasteiger partial charge on any atom is -0.489 e. The number of thiocyanates is 1. The van der Waals surface area contributed by atoms with E-state index in [4.69, 9.17) is 14.7 Å². The lowest BCUT2D eigenvalue weighted by Gasteiger charge is -2.15. The van der Waals surface area contributed by atoms with Crippen LogP contribution in [-0.4, -0.2) is 18.0 Å². The molecule has 4 nitrogen and oxygen atoms in total. The number of benzene rings is 2. The normalized spacial score (nSPS) is 11.3. The summed E-state index contributed by atoms with van der Waals surface area (Å²) in [4.78, 5) is 12.1. The molecule has 0 bridgehead atoms. The molecule has 22 heavy (non-hydrogen) atoms. The summed E-state index contributed by atoms with van der Waals surface area (Å²) >= 11 is 0.859. The fourth-order valence-corrected chi connectivity index (χ4v) is 2.10. The summed E-state index contributed by atoms with van der Waals surface area (Å²) in [5, 5.41) is 10.7. The number of thioether (sulfide) groups is 1. The lowest BCUT2D eigenvalue weighted by Crippen LogP contribution is -2.21. The fourth-order valence-electron chi connectivity index (χ4n) is 1.71. The quantitative estimate of drug-likeness (QED) is 0.461. The number of ether oxygens (including phenoxy) is 2. The van der Waals surface area contributed by atoms with Crippen LogP contribution in [0.4, 0.5) is 0 Å². The van der Waals surface area contributed by atoms with Gasteiger partial charge in [0.2, 0.25) is 0 Å². The van der Waals surface area contributed by atoms with Crippen LogP contribution in [0.1, 0.15) is 15.9 Å². The van der Waals surface area contributed by atoms with Gasteiger partial charge in [0.15, 0.2) is 5.44 Å². The Morgan fingerprint density at radius 1 is 1.18 bits per heavy atom. The Hall–Kier alpha value is -2.45. The minimum absolute atomic E-state index is 0.111. The first-order chi connectivity index (χ1) is 10.7. The van der Waals surface area contributed by atoms with E-state index in [1.165, 1.54) is 0 Å². The van der Waals surface area contributed by atoms with E-state index in [-0.39, 0.29) is 6.61 Å². The van der Waals surface area contributed by atoms with Crippen LogP contribution in [0.2, 0.25) is 0 Å². The van der Waals surface area contributed by atoms with Gasteiger partial charge in [-0.1, -0.05) is 35.9 Å². The maximum atomic E-state index is 12.1. The molecule has 112 valence electrons. The van der Waals surface area contributed by atoms with Gasteiger partial charge < -0.3 is 9.47 Å². The first-order valence-electron chi connectivity index (χ1n) is 6.69. The SMILES string of the molecule is Cc1ccc(C(=O)OC(COc2ccccc2)SC#N)cc1. The number of aryl methyl sites for hydroxylation is 1. The fraction of sp³-hybridized carbons (Fsp3) is 0.176. The van der Waals surface area contributed by atoms with Gasteiger partial charge in [0, 0.05) is 11.8 Å². The topological polar surface area (TPSA) is 59.3 Å². The number of nitriles is 1. The van der Waals surface area contributed by atoms with Crippen molar-refractivity contribution in [2.24, 2.45) is 0 Å². The lowest BCUT2D eigenvalue weighted by atomic mass is 10.1. The van der Waals surface area contributed by atoms with Crippen LogP contribution >= 0.6 is 11.8 Å². The van der Waals surface area contributed by atoms with Crippen molar-refractivity contribution in [1.82, 2.24) is 0 Å². The molecule has 0 aliphatic carbocycles. The molecule has 2 aromatic rings. The Kier molecular flexibility index (Phi) is 5.87. The molecule has 0 saturated heterocycles. The second-order valence-electron chi connectivity index (χ2n) is 4.53. The summed E-state index contributed by atoms with van der Waals surface area (Å²) in [6.45, 7) is 2.05. The smallest absolute Gasteiger partial charge is 0.339 e. The average molecular weight is 313 g/mol. The van der Waals surface area contributed by atoms with Crippen LogP contribution < -0.4 is 4.74 Å². The van der Waals surface area contributed by atoms with E-state index in [1.807, 2.05) is 42.7 Å². The van der Waals surface area contributed by atoms with E-state index in [2.05, 4.69) is 0 Å². The van der Waals surface area contributed by atoms with Crippen LogP contribution in [0.3, 0.4) is 0 Å². The van der Waals surface area contributed by atoms with Gasteiger partial charge in [0.25, 0.3) is 0 Å². The van der Waals surface area contributed by atoms with Gasteiger partial charge in [-0.05, 0) is 31.2 Å². The third-order valence-corrected chi connectivity index (χ3v) is 3.44. The monoisotopic (exact) mass is 313 g/mol. The molecule has 0 saturated carbocycles. The third-order valence-electron chi connectivity index (χ3n) is 2.84. The maximum absolute atomic E-state index is 12.1.